The molecule has 156 valence electrons. The molecule has 0 atom stereocenters. The number of nitrogens with zero attached hydrogens (tertiary/aromatic N) is 1. The van der Waals surface area contributed by atoms with E-state index in [2.05, 4.69) is 27.8 Å². The molecule has 5 nitrogen and oxygen atoms in total. The Morgan fingerprint density at radius 1 is 1.10 bits per heavy atom. The highest BCUT2D eigenvalue weighted by Crippen LogP contribution is 2.47. The Morgan fingerprint density at radius 2 is 1.94 bits per heavy atom. The maximum absolute atomic E-state index is 13.3. The molecule has 1 aliphatic heterocycles. The van der Waals surface area contributed by atoms with E-state index in [1.807, 2.05) is 24.4 Å². The third-order valence-corrected chi connectivity index (χ3v) is 7.10. The number of fused-ring (bicyclic) bond motifs is 4. The Kier molecular flexibility index (Phi) is 4.07. The molecule has 4 aromatic rings. The molecule has 3 heterocycles. The Bertz CT molecular complexity index is 1370. The second-order valence-corrected chi connectivity index (χ2v) is 8.76. The molecular weight excluding hydrogens is 388 g/mol. The molecule has 0 unspecified atom stereocenters. The van der Waals surface area contributed by atoms with Gasteiger partial charge in [-0.2, -0.15) is 0 Å². The molecule has 0 spiro atoms. The molecule has 2 aromatic carbocycles. The van der Waals surface area contributed by atoms with E-state index in [4.69, 9.17) is 4.74 Å². The van der Waals surface area contributed by atoms with Crippen LogP contribution in [0.2, 0.25) is 0 Å². The van der Waals surface area contributed by atoms with E-state index in [1.165, 1.54) is 31.9 Å². The van der Waals surface area contributed by atoms with Gasteiger partial charge >= 0.3 is 5.97 Å². The van der Waals surface area contributed by atoms with Crippen molar-refractivity contribution in [2.75, 3.05) is 7.11 Å². The van der Waals surface area contributed by atoms with Crippen molar-refractivity contribution in [2.24, 2.45) is 0 Å². The minimum absolute atomic E-state index is 0.0908. The van der Waals surface area contributed by atoms with Gasteiger partial charge < -0.3 is 14.3 Å². The molecule has 1 N–H and O–H groups in total. The summed E-state index contributed by atoms with van der Waals surface area (Å²) in [6.45, 7) is 0.269. The number of hydrogen-bond acceptors (Lipinski definition) is 3. The van der Waals surface area contributed by atoms with E-state index in [0.29, 0.717) is 11.5 Å². The SMILES string of the molecule is COC(=O)c1ccc2c(C3CCCCC3)c3n(c2c1)CC(=O)c1c[nH]c2cccc-3c12. The topological polar surface area (TPSA) is 64.1 Å². The average Bonchev–Trinajstić information content (AvgIpc) is 3.35. The number of esters is 1. The zero-order valence-electron chi connectivity index (χ0n) is 17.5. The van der Waals surface area contributed by atoms with Crippen molar-refractivity contribution < 1.29 is 14.3 Å². The maximum Gasteiger partial charge on any atom is 0.337 e. The fourth-order valence-corrected chi connectivity index (χ4v) is 5.71. The van der Waals surface area contributed by atoms with Crippen LogP contribution in [-0.2, 0) is 11.3 Å². The lowest BCUT2D eigenvalue weighted by atomic mass is 9.81. The second kappa shape index (κ2) is 6.84. The normalized spacial score (nSPS) is 16.5. The van der Waals surface area contributed by atoms with Crippen LogP contribution in [-0.4, -0.2) is 28.4 Å². The Morgan fingerprint density at radius 3 is 2.74 bits per heavy atom. The number of benzene rings is 2. The van der Waals surface area contributed by atoms with Gasteiger partial charge in [0.05, 0.1) is 30.4 Å². The molecule has 6 rings (SSSR count). The minimum Gasteiger partial charge on any atom is -0.465 e. The molecule has 0 bridgehead atoms. The number of ether oxygens (including phenoxy) is 1. The van der Waals surface area contributed by atoms with E-state index in [1.54, 1.807) is 0 Å². The number of Topliss-reactive ketones (excluding diaryl/α,β-unsaturated/α-hetero) is 1. The molecular formula is C26H24N2O3. The van der Waals surface area contributed by atoms with Crippen LogP contribution in [0.15, 0.2) is 42.6 Å². The molecule has 1 saturated carbocycles. The van der Waals surface area contributed by atoms with Crippen molar-refractivity contribution in [3.8, 4) is 11.3 Å². The zero-order valence-corrected chi connectivity index (χ0v) is 17.5. The van der Waals surface area contributed by atoms with Crippen LogP contribution in [0.1, 0.15) is 64.3 Å². The van der Waals surface area contributed by atoms with E-state index < -0.39 is 0 Å². The predicted octanol–water partition coefficient (Wildman–Crippen LogP) is 5.82. The van der Waals surface area contributed by atoms with Crippen molar-refractivity contribution in [2.45, 2.75) is 44.6 Å². The maximum atomic E-state index is 13.3. The number of aromatic amines is 1. The second-order valence-electron chi connectivity index (χ2n) is 8.76. The van der Waals surface area contributed by atoms with Crippen LogP contribution in [0.5, 0.6) is 0 Å². The number of ketones is 1. The van der Waals surface area contributed by atoms with Crippen LogP contribution in [0.4, 0.5) is 0 Å². The minimum atomic E-state index is -0.356. The summed E-state index contributed by atoms with van der Waals surface area (Å²) in [6, 6.07) is 12.0. The largest absolute Gasteiger partial charge is 0.465 e. The smallest absolute Gasteiger partial charge is 0.337 e. The number of carbonyl (C=O) groups excluding carboxylic acids is 2. The number of hydrogen-bond donors (Lipinski definition) is 1. The quantitative estimate of drug-likeness (QED) is 0.422. The number of nitrogens with one attached hydrogen (secondary N) is 1. The summed E-state index contributed by atoms with van der Waals surface area (Å²) in [4.78, 5) is 28.8. The van der Waals surface area contributed by atoms with Gasteiger partial charge in [-0.3, -0.25) is 4.79 Å². The molecule has 1 fully saturated rings. The lowest BCUT2D eigenvalue weighted by Gasteiger charge is -2.23. The third-order valence-electron chi connectivity index (χ3n) is 7.10. The van der Waals surface area contributed by atoms with Gasteiger partial charge in [-0.1, -0.05) is 37.5 Å². The van der Waals surface area contributed by atoms with Gasteiger partial charge in [0.2, 0.25) is 0 Å². The Hall–Kier alpha value is -3.34. The number of H-pyrrole nitrogens is 1. The lowest BCUT2D eigenvalue weighted by Crippen LogP contribution is -2.10. The molecule has 2 aromatic heterocycles. The summed E-state index contributed by atoms with van der Waals surface area (Å²) in [5.41, 5.74) is 6.78. The Labute approximate surface area is 180 Å². The molecule has 0 saturated heterocycles. The first-order valence-corrected chi connectivity index (χ1v) is 11.1. The standard InChI is InChI=1S/C26H24N2O3/c1-31-26(30)16-10-11-17-21(12-16)28-14-22(29)19-13-27-20-9-5-8-18(24(19)20)25(28)23(17)15-6-3-2-4-7-15/h5,8-13,15,27H,2-4,6-7,14H2,1H3. The summed E-state index contributed by atoms with van der Waals surface area (Å²) in [5.74, 6) is 0.195. The molecule has 31 heavy (non-hydrogen) atoms. The summed E-state index contributed by atoms with van der Waals surface area (Å²) >= 11 is 0. The van der Waals surface area contributed by atoms with Gasteiger partial charge in [0.15, 0.2) is 5.78 Å². The van der Waals surface area contributed by atoms with Crippen molar-refractivity contribution in [3.63, 3.8) is 0 Å². The van der Waals surface area contributed by atoms with Crippen molar-refractivity contribution >= 4 is 33.6 Å². The van der Waals surface area contributed by atoms with Crippen LogP contribution < -0.4 is 0 Å². The van der Waals surface area contributed by atoms with Crippen LogP contribution >= 0.6 is 0 Å². The monoisotopic (exact) mass is 412 g/mol. The average molecular weight is 412 g/mol. The van der Waals surface area contributed by atoms with Crippen molar-refractivity contribution in [3.05, 3.63) is 59.3 Å². The van der Waals surface area contributed by atoms with Crippen molar-refractivity contribution in [1.82, 2.24) is 9.55 Å². The highest BCUT2D eigenvalue weighted by atomic mass is 16.5. The van der Waals surface area contributed by atoms with Gasteiger partial charge in [0, 0.05) is 33.6 Å². The summed E-state index contributed by atoms with van der Waals surface area (Å²) < 4.78 is 7.11. The Balaban J connectivity index is 1.73. The molecule has 0 radical (unpaired) electrons. The highest BCUT2D eigenvalue weighted by Gasteiger charge is 2.31. The van der Waals surface area contributed by atoms with Crippen LogP contribution in [0, 0.1) is 0 Å². The fraction of sp³-hybridized carbons (Fsp3) is 0.308. The number of aromatic nitrogens is 2. The lowest BCUT2D eigenvalue weighted by molar-refractivity contribution is 0.0601. The summed E-state index contributed by atoms with van der Waals surface area (Å²) in [7, 11) is 1.40. The van der Waals surface area contributed by atoms with Gasteiger partial charge in [0.1, 0.15) is 0 Å². The highest BCUT2D eigenvalue weighted by molar-refractivity contribution is 6.16. The van der Waals surface area contributed by atoms with E-state index >= 15 is 0 Å². The predicted molar refractivity (Wildman–Crippen MR) is 121 cm³/mol. The third kappa shape index (κ3) is 2.62. The molecule has 1 aliphatic carbocycles. The molecule has 2 aliphatic rings. The van der Waals surface area contributed by atoms with Crippen molar-refractivity contribution in [1.29, 1.82) is 0 Å². The summed E-state index contributed by atoms with van der Waals surface area (Å²) in [6.07, 6.45) is 7.91. The first kappa shape index (κ1) is 18.4. The number of carbonyl (C=O) groups is 2. The van der Waals surface area contributed by atoms with Crippen LogP contribution in [0.3, 0.4) is 0 Å². The first-order chi connectivity index (χ1) is 15.2. The molecule has 5 heteroatoms. The van der Waals surface area contributed by atoms with Gasteiger partial charge in [-0.15, -0.1) is 0 Å². The van der Waals surface area contributed by atoms with Gasteiger partial charge in [0.25, 0.3) is 0 Å². The first-order valence-electron chi connectivity index (χ1n) is 11.1. The zero-order chi connectivity index (χ0) is 21.1. The fourth-order valence-electron chi connectivity index (χ4n) is 5.71. The van der Waals surface area contributed by atoms with Crippen LogP contribution in [0.25, 0.3) is 33.1 Å². The van der Waals surface area contributed by atoms with E-state index in [-0.39, 0.29) is 18.3 Å². The van der Waals surface area contributed by atoms with E-state index in [0.717, 1.165) is 51.5 Å². The van der Waals surface area contributed by atoms with E-state index in [9.17, 15) is 9.59 Å². The number of methoxy groups -OCH3 is 1. The van der Waals surface area contributed by atoms with Gasteiger partial charge in [-0.05, 0) is 42.5 Å². The molecule has 0 amide bonds. The van der Waals surface area contributed by atoms with Gasteiger partial charge in [-0.25, -0.2) is 4.79 Å². The number of rotatable bonds is 2. The summed E-state index contributed by atoms with van der Waals surface area (Å²) in [5, 5.41) is 2.16.